The molecule has 1 atom stereocenters. The molecule has 2 rings (SSSR count). The molecule has 0 heterocycles. The van der Waals surface area contributed by atoms with Gasteiger partial charge in [-0.2, -0.15) is 0 Å². The molecule has 0 aliphatic heterocycles. The first-order valence-electron chi connectivity index (χ1n) is 11.8. The summed E-state index contributed by atoms with van der Waals surface area (Å²) in [5.74, 6) is -0.589. The summed E-state index contributed by atoms with van der Waals surface area (Å²) in [4.78, 5) is 28.3. The highest BCUT2D eigenvalue weighted by Crippen LogP contribution is 2.28. The molecule has 0 spiro atoms. The van der Waals surface area contributed by atoms with Crippen molar-refractivity contribution in [3.63, 3.8) is 0 Å². The Morgan fingerprint density at radius 2 is 1.67 bits per heavy atom. The average molecular weight is 557 g/mol. The molecule has 198 valence electrons. The number of anilines is 1. The molecule has 0 aliphatic carbocycles. The molecule has 0 fully saturated rings. The lowest BCUT2D eigenvalue weighted by molar-refractivity contribution is -0.140. The number of rotatable bonds is 11. The number of nitrogens with zero attached hydrogens (tertiary/aromatic N) is 2. The zero-order valence-corrected chi connectivity index (χ0v) is 24.0. The Bertz CT molecular complexity index is 1180. The van der Waals surface area contributed by atoms with Crippen LogP contribution >= 0.6 is 23.2 Å². The molecular weight excluding hydrogens is 521 g/mol. The van der Waals surface area contributed by atoms with E-state index in [9.17, 15) is 18.0 Å². The van der Waals surface area contributed by atoms with Gasteiger partial charge >= 0.3 is 0 Å². The van der Waals surface area contributed by atoms with Gasteiger partial charge in [0.25, 0.3) is 0 Å². The van der Waals surface area contributed by atoms with E-state index >= 15 is 0 Å². The van der Waals surface area contributed by atoms with Gasteiger partial charge in [0.05, 0.1) is 11.9 Å². The molecule has 0 unspecified atom stereocenters. The fraction of sp³-hybridized carbons (Fsp3) is 0.462. The standard InChI is InChI=1S/C26H35Cl2N3O4S/c1-7-23(26(33)29-14-17(2)3)30(15-20-11-12-21(27)13-22(20)28)24(32)16-31(36(6,34)35)25-18(4)9-8-10-19(25)5/h8-13,17,23H,7,14-16H2,1-6H3,(H,29,33)/t23-/m0/s1. The van der Waals surface area contributed by atoms with E-state index in [1.165, 1.54) is 4.90 Å². The van der Waals surface area contributed by atoms with Gasteiger partial charge in [0.15, 0.2) is 0 Å². The summed E-state index contributed by atoms with van der Waals surface area (Å²) in [5, 5.41) is 3.69. The third-order valence-corrected chi connectivity index (χ3v) is 7.49. The van der Waals surface area contributed by atoms with E-state index in [-0.39, 0.29) is 18.4 Å². The number of para-hydroxylation sites is 1. The van der Waals surface area contributed by atoms with Crippen LogP contribution in [0.4, 0.5) is 5.69 Å². The number of amides is 2. The Kier molecular flexibility index (Phi) is 10.6. The van der Waals surface area contributed by atoms with Gasteiger partial charge in [-0.1, -0.05) is 68.2 Å². The summed E-state index contributed by atoms with van der Waals surface area (Å²) in [6, 6.07) is 9.53. The van der Waals surface area contributed by atoms with Crippen molar-refractivity contribution in [3.8, 4) is 0 Å². The number of halogens is 2. The van der Waals surface area contributed by atoms with Crippen LogP contribution in [0, 0.1) is 19.8 Å². The molecule has 0 saturated heterocycles. The van der Waals surface area contributed by atoms with Crippen molar-refractivity contribution in [2.24, 2.45) is 5.92 Å². The van der Waals surface area contributed by atoms with E-state index in [0.29, 0.717) is 34.3 Å². The van der Waals surface area contributed by atoms with E-state index in [2.05, 4.69) is 5.32 Å². The number of sulfonamides is 1. The molecule has 10 heteroatoms. The van der Waals surface area contributed by atoms with Crippen LogP contribution in [-0.2, 0) is 26.2 Å². The maximum Gasteiger partial charge on any atom is 0.244 e. The minimum atomic E-state index is -3.81. The van der Waals surface area contributed by atoms with Crippen molar-refractivity contribution in [2.45, 2.75) is 53.6 Å². The highest BCUT2D eigenvalue weighted by Gasteiger charge is 2.32. The summed E-state index contributed by atoms with van der Waals surface area (Å²) >= 11 is 12.4. The van der Waals surface area contributed by atoms with Gasteiger partial charge in [0.1, 0.15) is 12.6 Å². The van der Waals surface area contributed by atoms with E-state index < -0.39 is 28.5 Å². The molecule has 0 radical (unpaired) electrons. The van der Waals surface area contributed by atoms with Gasteiger partial charge in [-0.05, 0) is 55.0 Å². The van der Waals surface area contributed by atoms with Crippen LogP contribution in [0.5, 0.6) is 0 Å². The lowest BCUT2D eigenvalue weighted by Crippen LogP contribution is -2.52. The number of aryl methyl sites for hydroxylation is 2. The molecule has 2 amide bonds. The molecule has 0 aliphatic rings. The quantitative estimate of drug-likeness (QED) is 0.424. The zero-order valence-electron chi connectivity index (χ0n) is 21.6. The first-order valence-corrected chi connectivity index (χ1v) is 14.4. The number of hydrogen-bond acceptors (Lipinski definition) is 4. The van der Waals surface area contributed by atoms with Gasteiger partial charge in [-0.3, -0.25) is 13.9 Å². The Morgan fingerprint density at radius 1 is 1.06 bits per heavy atom. The van der Waals surface area contributed by atoms with E-state index in [1.54, 1.807) is 44.2 Å². The van der Waals surface area contributed by atoms with Crippen LogP contribution in [0.15, 0.2) is 36.4 Å². The summed E-state index contributed by atoms with van der Waals surface area (Å²) in [6.07, 6.45) is 1.41. The first kappa shape index (κ1) is 29.9. The second-order valence-electron chi connectivity index (χ2n) is 9.33. The maximum absolute atomic E-state index is 13.8. The fourth-order valence-electron chi connectivity index (χ4n) is 3.95. The Balaban J connectivity index is 2.51. The van der Waals surface area contributed by atoms with Crippen LogP contribution in [0.3, 0.4) is 0 Å². The van der Waals surface area contributed by atoms with Crippen LogP contribution in [-0.4, -0.2) is 50.5 Å². The number of benzene rings is 2. The van der Waals surface area contributed by atoms with E-state index in [4.69, 9.17) is 23.2 Å². The van der Waals surface area contributed by atoms with E-state index in [1.807, 2.05) is 26.8 Å². The number of hydrogen-bond donors (Lipinski definition) is 1. The summed E-state index contributed by atoms with van der Waals surface area (Å²) in [6.45, 7) is 9.38. The Morgan fingerprint density at radius 3 is 2.17 bits per heavy atom. The van der Waals surface area contributed by atoms with Crippen LogP contribution in [0.25, 0.3) is 0 Å². The predicted molar refractivity (Wildman–Crippen MR) is 147 cm³/mol. The van der Waals surface area contributed by atoms with Gasteiger partial charge in [-0.15, -0.1) is 0 Å². The molecule has 0 bridgehead atoms. The predicted octanol–water partition coefficient (Wildman–Crippen LogP) is 4.96. The van der Waals surface area contributed by atoms with Crippen molar-refractivity contribution < 1.29 is 18.0 Å². The molecule has 36 heavy (non-hydrogen) atoms. The Hall–Kier alpha value is -2.29. The zero-order chi connectivity index (χ0) is 27.2. The van der Waals surface area contributed by atoms with Gasteiger partial charge in [-0.25, -0.2) is 8.42 Å². The minimum absolute atomic E-state index is 0.0206. The molecule has 1 N–H and O–H groups in total. The van der Waals surface area contributed by atoms with Crippen LogP contribution < -0.4 is 9.62 Å². The van der Waals surface area contributed by atoms with Gasteiger partial charge < -0.3 is 10.2 Å². The molecule has 2 aromatic rings. The molecule has 0 aromatic heterocycles. The smallest absolute Gasteiger partial charge is 0.244 e. The van der Waals surface area contributed by atoms with Crippen LogP contribution in [0.2, 0.25) is 10.0 Å². The summed E-state index contributed by atoms with van der Waals surface area (Å²) < 4.78 is 26.8. The highest BCUT2D eigenvalue weighted by atomic mass is 35.5. The van der Waals surface area contributed by atoms with Gasteiger partial charge in [0.2, 0.25) is 21.8 Å². The third-order valence-electron chi connectivity index (χ3n) is 5.79. The molecule has 0 saturated carbocycles. The second-order valence-corrected chi connectivity index (χ2v) is 12.1. The number of carbonyl (C=O) groups is 2. The molecular formula is C26H35Cl2N3O4S. The maximum atomic E-state index is 13.8. The summed E-state index contributed by atoms with van der Waals surface area (Å²) in [7, 11) is -3.81. The van der Waals surface area contributed by atoms with Crippen molar-refractivity contribution in [1.29, 1.82) is 0 Å². The SMILES string of the molecule is CC[C@@H](C(=O)NCC(C)C)N(Cc1ccc(Cl)cc1Cl)C(=O)CN(c1c(C)cccc1C)S(C)(=O)=O. The van der Waals surface area contributed by atoms with Crippen molar-refractivity contribution in [1.82, 2.24) is 10.2 Å². The van der Waals surface area contributed by atoms with E-state index in [0.717, 1.165) is 21.7 Å². The van der Waals surface area contributed by atoms with Crippen molar-refractivity contribution >= 4 is 50.7 Å². The topological polar surface area (TPSA) is 86.8 Å². The number of carbonyl (C=O) groups excluding carboxylic acids is 2. The largest absolute Gasteiger partial charge is 0.354 e. The first-order chi connectivity index (χ1) is 16.8. The average Bonchev–Trinajstić information content (AvgIpc) is 2.77. The lowest BCUT2D eigenvalue weighted by Gasteiger charge is -2.33. The molecule has 7 nitrogen and oxygen atoms in total. The number of nitrogens with one attached hydrogen (secondary N) is 1. The van der Waals surface area contributed by atoms with Crippen LogP contribution in [0.1, 0.15) is 43.9 Å². The second kappa shape index (κ2) is 12.8. The Labute approximate surface area is 224 Å². The van der Waals surface area contributed by atoms with Crippen molar-refractivity contribution in [3.05, 3.63) is 63.1 Å². The third kappa shape index (κ3) is 7.85. The monoisotopic (exact) mass is 555 g/mol. The fourth-order valence-corrected chi connectivity index (χ4v) is 5.38. The normalized spacial score (nSPS) is 12.4. The minimum Gasteiger partial charge on any atom is -0.354 e. The molecule has 2 aromatic carbocycles. The van der Waals surface area contributed by atoms with Gasteiger partial charge in [0, 0.05) is 23.1 Å². The highest BCUT2D eigenvalue weighted by molar-refractivity contribution is 7.92. The lowest BCUT2D eigenvalue weighted by atomic mass is 10.1. The summed E-state index contributed by atoms with van der Waals surface area (Å²) in [5.41, 5.74) is 2.50. The van der Waals surface area contributed by atoms with Crippen molar-refractivity contribution in [2.75, 3.05) is 23.7 Å².